The molecule has 0 aliphatic carbocycles. The second-order valence-electron chi connectivity index (χ2n) is 7.11. The molecule has 0 saturated heterocycles. The van der Waals surface area contributed by atoms with E-state index in [1.54, 1.807) is 0 Å². The second kappa shape index (κ2) is 9.62. The number of phenols is 2. The van der Waals surface area contributed by atoms with Crippen molar-refractivity contribution >= 4 is 5.78 Å². The summed E-state index contributed by atoms with van der Waals surface area (Å²) >= 11 is 0. The number of Topliss-reactive ketones (excluding diaryl/α,β-unsaturated/α-hetero) is 1. The fourth-order valence-electron chi connectivity index (χ4n) is 3.01. The minimum atomic E-state index is -0.431. The maximum absolute atomic E-state index is 12.2. The Labute approximate surface area is 156 Å². The van der Waals surface area contributed by atoms with E-state index in [4.69, 9.17) is 9.47 Å². The molecule has 0 bridgehead atoms. The molecule has 0 aromatic heterocycles. The van der Waals surface area contributed by atoms with Gasteiger partial charge in [0.25, 0.3) is 0 Å². The van der Waals surface area contributed by atoms with Crippen molar-refractivity contribution in [3.8, 4) is 17.2 Å². The highest BCUT2D eigenvalue weighted by molar-refractivity contribution is 6.01. The van der Waals surface area contributed by atoms with Crippen LogP contribution in [0.1, 0.15) is 75.6 Å². The van der Waals surface area contributed by atoms with Crippen LogP contribution < -0.4 is 4.74 Å². The highest BCUT2D eigenvalue weighted by Gasteiger charge is 2.31. The van der Waals surface area contributed by atoms with Gasteiger partial charge in [0, 0.05) is 12.2 Å². The average molecular weight is 364 g/mol. The average Bonchev–Trinajstić information content (AvgIpc) is 2.52. The number of rotatable bonds is 9. The van der Waals surface area contributed by atoms with Gasteiger partial charge in [-0.1, -0.05) is 25.5 Å². The Hall–Kier alpha value is -2.01. The monoisotopic (exact) mass is 364 g/mol. The molecule has 0 aliphatic heterocycles. The van der Waals surface area contributed by atoms with Crippen LogP contribution in [0.3, 0.4) is 0 Å². The maximum atomic E-state index is 12.2. The van der Waals surface area contributed by atoms with Crippen LogP contribution in [0.5, 0.6) is 17.2 Å². The minimum Gasteiger partial charge on any atom is -0.507 e. The Morgan fingerprint density at radius 3 is 2.19 bits per heavy atom. The van der Waals surface area contributed by atoms with Gasteiger partial charge >= 0.3 is 0 Å². The summed E-state index contributed by atoms with van der Waals surface area (Å²) in [6, 6.07) is 0. The van der Waals surface area contributed by atoms with E-state index in [0.29, 0.717) is 36.5 Å². The molecule has 146 valence electrons. The summed E-state index contributed by atoms with van der Waals surface area (Å²) in [7, 11) is 1.43. The van der Waals surface area contributed by atoms with E-state index in [9.17, 15) is 15.0 Å². The number of ketones is 1. The number of carbonyl (C=O) groups is 1. The lowest BCUT2D eigenvalue weighted by molar-refractivity contribution is 0.0437. The van der Waals surface area contributed by atoms with Crippen molar-refractivity contribution in [3.63, 3.8) is 0 Å². The molecule has 5 nitrogen and oxygen atoms in total. The lowest BCUT2D eigenvalue weighted by Gasteiger charge is -2.26. The Bertz CT molecular complexity index is 670. The fraction of sp³-hybridized carbons (Fsp3) is 0.571. The van der Waals surface area contributed by atoms with Gasteiger partial charge in [0.15, 0.2) is 5.78 Å². The number of phenolic OH excluding ortho intramolecular Hbond substituents is 2. The van der Waals surface area contributed by atoms with Crippen LogP contribution >= 0.6 is 0 Å². The Balaban J connectivity index is 3.79. The van der Waals surface area contributed by atoms with Gasteiger partial charge in [-0.3, -0.25) is 4.79 Å². The van der Waals surface area contributed by atoms with Crippen LogP contribution in [0, 0.1) is 5.92 Å². The molecule has 1 aromatic rings. The SMILES string of the molecule is CCOC(CC(C)C)c1c(O)c(CC=C(C)C)c(O)c(C(C)=O)c1OC. The third-order valence-corrected chi connectivity index (χ3v) is 4.18. The molecule has 1 aromatic carbocycles. The lowest BCUT2D eigenvalue weighted by Crippen LogP contribution is -2.13. The number of hydrogen-bond donors (Lipinski definition) is 2. The van der Waals surface area contributed by atoms with Gasteiger partial charge < -0.3 is 19.7 Å². The minimum absolute atomic E-state index is 0.0686. The van der Waals surface area contributed by atoms with Crippen molar-refractivity contribution in [1.82, 2.24) is 0 Å². The Kier molecular flexibility index (Phi) is 8.15. The molecule has 0 amide bonds. The topological polar surface area (TPSA) is 76.0 Å². The predicted octanol–water partition coefficient (Wildman–Crippen LogP) is 4.94. The summed E-state index contributed by atoms with van der Waals surface area (Å²) in [4.78, 5) is 12.2. The molecular formula is C21H32O5. The number of aromatic hydroxyl groups is 2. The van der Waals surface area contributed by atoms with Crippen molar-refractivity contribution in [1.29, 1.82) is 0 Å². The van der Waals surface area contributed by atoms with E-state index < -0.39 is 6.10 Å². The molecule has 2 N–H and O–H groups in total. The van der Waals surface area contributed by atoms with Gasteiger partial charge in [-0.25, -0.2) is 0 Å². The Morgan fingerprint density at radius 2 is 1.77 bits per heavy atom. The summed E-state index contributed by atoms with van der Waals surface area (Å²) in [5.74, 6) is -0.119. The highest BCUT2D eigenvalue weighted by atomic mass is 16.5. The van der Waals surface area contributed by atoms with Crippen LogP contribution in [0.2, 0.25) is 0 Å². The maximum Gasteiger partial charge on any atom is 0.167 e. The zero-order valence-electron chi connectivity index (χ0n) is 17.0. The zero-order valence-corrected chi connectivity index (χ0v) is 17.0. The fourth-order valence-corrected chi connectivity index (χ4v) is 3.01. The van der Waals surface area contributed by atoms with Gasteiger partial charge in [0.05, 0.1) is 18.8 Å². The van der Waals surface area contributed by atoms with Crippen molar-refractivity contribution in [3.05, 3.63) is 28.3 Å². The van der Waals surface area contributed by atoms with Gasteiger partial charge in [-0.15, -0.1) is 0 Å². The van der Waals surface area contributed by atoms with Crippen LogP contribution in [-0.2, 0) is 11.2 Å². The first-order valence-corrected chi connectivity index (χ1v) is 9.06. The highest BCUT2D eigenvalue weighted by Crippen LogP contribution is 2.48. The van der Waals surface area contributed by atoms with Crippen LogP contribution in [-0.4, -0.2) is 29.7 Å². The first-order chi connectivity index (χ1) is 12.1. The first kappa shape index (κ1) is 22.0. The van der Waals surface area contributed by atoms with Crippen molar-refractivity contribution < 1.29 is 24.5 Å². The molecule has 0 spiro atoms. The second-order valence-corrected chi connectivity index (χ2v) is 7.11. The van der Waals surface area contributed by atoms with E-state index in [0.717, 1.165) is 5.57 Å². The van der Waals surface area contributed by atoms with E-state index in [-0.39, 0.29) is 28.6 Å². The standard InChI is InChI=1S/C21H32O5/c1-8-26-16(11-13(4)5)18-20(24)15(10-9-12(2)3)19(23)17(14(6)22)21(18)25-7/h9,13,16,23-24H,8,10-11H2,1-7H3. The molecule has 0 saturated carbocycles. The summed E-state index contributed by atoms with van der Waals surface area (Å²) in [6.45, 7) is 11.7. The normalized spacial score (nSPS) is 12.2. The summed E-state index contributed by atoms with van der Waals surface area (Å²) in [6.07, 6.45) is 2.44. The van der Waals surface area contributed by atoms with E-state index >= 15 is 0 Å². The smallest absolute Gasteiger partial charge is 0.167 e. The molecule has 1 unspecified atom stereocenters. The van der Waals surface area contributed by atoms with Crippen LogP contribution in [0.15, 0.2) is 11.6 Å². The number of methoxy groups -OCH3 is 1. The van der Waals surface area contributed by atoms with E-state index in [1.807, 2.05) is 26.8 Å². The number of ether oxygens (including phenoxy) is 2. The third-order valence-electron chi connectivity index (χ3n) is 4.18. The molecule has 0 fully saturated rings. The third kappa shape index (κ3) is 5.01. The largest absolute Gasteiger partial charge is 0.507 e. The summed E-state index contributed by atoms with van der Waals surface area (Å²) < 4.78 is 11.3. The molecule has 0 radical (unpaired) electrons. The lowest BCUT2D eigenvalue weighted by atomic mass is 9.90. The molecule has 1 rings (SSSR count). The first-order valence-electron chi connectivity index (χ1n) is 9.06. The molecule has 26 heavy (non-hydrogen) atoms. The molecule has 0 heterocycles. The quantitative estimate of drug-likeness (QED) is 0.479. The van der Waals surface area contributed by atoms with Crippen molar-refractivity contribution in [2.75, 3.05) is 13.7 Å². The number of allylic oxidation sites excluding steroid dienone is 2. The molecule has 1 atom stereocenters. The van der Waals surface area contributed by atoms with Crippen LogP contribution in [0.25, 0.3) is 0 Å². The van der Waals surface area contributed by atoms with Gasteiger partial charge in [0.1, 0.15) is 22.8 Å². The number of carbonyl (C=O) groups excluding carboxylic acids is 1. The van der Waals surface area contributed by atoms with Crippen LogP contribution in [0.4, 0.5) is 0 Å². The Morgan fingerprint density at radius 1 is 1.15 bits per heavy atom. The summed E-state index contributed by atoms with van der Waals surface area (Å²) in [5.41, 5.74) is 1.89. The molecule has 0 aliphatic rings. The van der Waals surface area contributed by atoms with Gasteiger partial charge in [0.2, 0.25) is 0 Å². The zero-order chi connectivity index (χ0) is 20.0. The number of benzene rings is 1. The van der Waals surface area contributed by atoms with E-state index in [1.165, 1.54) is 14.0 Å². The van der Waals surface area contributed by atoms with Gasteiger partial charge in [-0.05, 0) is 46.5 Å². The van der Waals surface area contributed by atoms with Crippen molar-refractivity contribution in [2.45, 2.75) is 60.5 Å². The van der Waals surface area contributed by atoms with Crippen molar-refractivity contribution in [2.24, 2.45) is 5.92 Å². The molecular weight excluding hydrogens is 332 g/mol. The number of hydrogen-bond acceptors (Lipinski definition) is 5. The van der Waals surface area contributed by atoms with E-state index in [2.05, 4.69) is 13.8 Å². The van der Waals surface area contributed by atoms with Gasteiger partial charge in [-0.2, -0.15) is 0 Å². The molecule has 5 heteroatoms. The predicted molar refractivity (Wildman–Crippen MR) is 103 cm³/mol. The summed E-state index contributed by atoms with van der Waals surface area (Å²) in [5, 5.41) is 21.6.